The fourth-order valence-corrected chi connectivity index (χ4v) is 5.53. The van der Waals surface area contributed by atoms with Crippen molar-refractivity contribution in [1.82, 2.24) is 9.80 Å². The van der Waals surface area contributed by atoms with Crippen molar-refractivity contribution in [3.05, 3.63) is 57.4 Å². The highest BCUT2D eigenvalue weighted by molar-refractivity contribution is 7.80. The minimum atomic E-state index is -0.0532. The maximum absolute atomic E-state index is 13.1. The first kappa shape index (κ1) is 22.1. The molecule has 1 N–H and O–H groups in total. The molecule has 0 spiro atoms. The van der Waals surface area contributed by atoms with Crippen LogP contribution in [0.1, 0.15) is 16.6 Å². The number of thiocarbonyl (C=S) groups is 1. The van der Waals surface area contributed by atoms with Crippen molar-refractivity contribution in [3.8, 4) is 5.75 Å². The molecule has 0 aliphatic carbocycles. The number of para-hydroxylation sites is 2. The van der Waals surface area contributed by atoms with E-state index in [-0.39, 0.29) is 5.91 Å². The van der Waals surface area contributed by atoms with E-state index in [1.165, 1.54) is 11.3 Å². The van der Waals surface area contributed by atoms with Crippen LogP contribution < -0.4 is 10.1 Å². The van der Waals surface area contributed by atoms with E-state index in [9.17, 15) is 4.79 Å². The van der Waals surface area contributed by atoms with Gasteiger partial charge in [-0.2, -0.15) is 0 Å². The van der Waals surface area contributed by atoms with Gasteiger partial charge in [-0.1, -0.05) is 41.4 Å². The first-order valence-corrected chi connectivity index (χ1v) is 11.9. The number of carbonyl (C=O) groups excluding carboxylic acids is 1. The van der Waals surface area contributed by atoms with Crippen LogP contribution in [0.4, 0.5) is 5.69 Å². The first-order chi connectivity index (χ1) is 15.0. The number of rotatable bonds is 4. The van der Waals surface area contributed by atoms with Gasteiger partial charge in [-0.05, 0) is 43.4 Å². The Balaban J connectivity index is 1.40. The summed E-state index contributed by atoms with van der Waals surface area (Å²) in [6.45, 7) is 4.95. The van der Waals surface area contributed by atoms with Gasteiger partial charge in [0.2, 0.25) is 0 Å². The average molecular weight is 494 g/mol. The quantitative estimate of drug-likeness (QED) is 0.467. The van der Waals surface area contributed by atoms with Crippen molar-refractivity contribution in [1.29, 1.82) is 0 Å². The van der Waals surface area contributed by atoms with Gasteiger partial charge in [-0.25, -0.2) is 0 Å². The van der Waals surface area contributed by atoms with Crippen LogP contribution in [0.2, 0.25) is 10.0 Å². The van der Waals surface area contributed by atoms with Crippen molar-refractivity contribution in [2.24, 2.45) is 0 Å². The van der Waals surface area contributed by atoms with Gasteiger partial charge in [0.05, 0.1) is 17.3 Å². The monoisotopic (exact) mass is 493 g/mol. The minimum Gasteiger partial charge on any atom is -0.492 e. The first-order valence-electron chi connectivity index (χ1n) is 9.92. The van der Waals surface area contributed by atoms with E-state index < -0.39 is 0 Å². The van der Waals surface area contributed by atoms with Gasteiger partial charge in [-0.3, -0.25) is 4.79 Å². The normalized spacial score (nSPS) is 14.0. The molecule has 2 heterocycles. The van der Waals surface area contributed by atoms with Crippen molar-refractivity contribution in [2.75, 3.05) is 38.1 Å². The number of carbonyl (C=O) groups is 1. The maximum Gasteiger partial charge on any atom is 0.265 e. The lowest BCUT2D eigenvalue weighted by molar-refractivity contribution is 0.0698. The molecule has 9 heteroatoms. The summed E-state index contributed by atoms with van der Waals surface area (Å²) in [5, 5.41) is 5.87. The molecule has 1 saturated heterocycles. The zero-order valence-electron chi connectivity index (χ0n) is 16.9. The van der Waals surface area contributed by atoms with E-state index in [2.05, 4.69) is 10.2 Å². The summed E-state index contributed by atoms with van der Waals surface area (Å²) in [5.74, 6) is 0.711. The van der Waals surface area contributed by atoms with Crippen molar-refractivity contribution >= 4 is 73.5 Å². The van der Waals surface area contributed by atoms with Crippen LogP contribution in [-0.2, 0) is 0 Å². The predicted molar refractivity (Wildman–Crippen MR) is 133 cm³/mol. The van der Waals surface area contributed by atoms with E-state index in [0.717, 1.165) is 21.5 Å². The number of piperazine rings is 1. The lowest BCUT2D eigenvalue weighted by atomic mass is 10.2. The molecule has 31 heavy (non-hydrogen) atoms. The Morgan fingerprint density at radius 1 is 1.13 bits per heavy atom. The molecular formula is C22H21Cl2N3O2S2. The van der Waals surface area contributed by atoms with Gasteiger partial charge in [0.25, 0.3) is 5.91 Å². The van der Waals surface area contributed by atoms with Gasteiger partial charge >= 0.3 is 0 Å². The molecule has 0 atom stereocenters. The molecule has 0 radical (unpaired) electrons. The van der Waals surface area contributed by atoms with E-state index >= 15 is 0 Å². The summed E-state index contributed by atoms with van der Waals surface area (Å²) in [5.41, 5.74) is 0.837. The highest BCUT2D eigenvalue weighted by Crippen LogP contribution is 2.37. The molecular weight excluding hydrogens is 473 g/mol. The smallest absolute Gasteiger partial charge is 0.265 e. The molecule has 0 saturated carbocycles. The number of ether oxygens (including phenoxy) is 1. The van der Waals surface area contributed by atoms with Crippen LogP contribution in [-0.4, -0.2) is 53.6 Å². The molecule has 5 nitrogen and oxygen atoms in total. The van der Waals surface area contributed by atoms with Crippen LogP contribution in [0.15, 0.2) is 42.5 Å². The molecule has 1 fully saturated rings. The number of amides is 1. The Labute approximate surface area is 200 Å². The number of benzene rings is 2. The van der Waals surface area contributed by atoms with Gasteiger partial charge in [-0.15, -0.1) is 11.3 Å². The van der Waals surface area contributed by atoms with Crippen molar-refractivity contribution in [2.45, 2.75) is 6.92 Å². The summed E-state index contributed by atoms with van der Waals surface area (Å²) in [7, 11) is 0. The largest absolute Gasteiger partial charge is 0.492 e. The van der Waals surface area contributed by atoms with Gasteiger partial charge in [0.1, 0.15) is 10.6 Å². The molecule has 3 aromatic rings. The standard InChI is InChI=1S/C22H21Cl2N3O2S2/c1-2-29-17-6-4-3-5-16(17)25-22(30)27-11-9-26(10-12-27)21(28)20-19(24)15-8-7-14(23)13-18(15)31-20/h3-8,13H,2,9-12H2,1H3,(H,25,30). The van der Waals surface area contributed by atoms with E-state index in [1.54, 1.807) is 6.07 Å². The molecule has 0 unspecified atom stereocenters. The third-order valence-electron chi connectivity index (χ3n) is 5.07. The summed E-state index contributed by atoms with van der Waals surface area (Å²) in [6.07, 6.45) is 0. The zero-order chi connectivity index (χ0) is 22.0. The fraction of sp³-hybridized carbons (Fsp3) is 0.273. The van der Waals surface area contributed by atoms with Crippen molar-refractivity contribution < 1.29 is 9.53 Å². The van der Waals surface area contributed by atoms with Crippen LogP contribution in [0.3, 0.4) is 0 Å². The number of hydrogen-bond acceptors (Lipinski definition) is 4. The average Bonchev–Trinajstić information content (AvgIpc) is 3.10. The predicted octanol–water partition coefficient (Wildman–Crippen LogP) is 5.76. The Kier molecular flexibility index (Phi) is 6.86. The lowest BCUT2D eigenvalue weighted by Gasteiger charge is -2.36. The molecule has 0 bridgehead atoms. The Bertz CT molecular complexity index is 1130. The van der Waals surface area contributed by atoms with Gasteiger partial charge < -0.3 is 19.9 Å². The molecule has 1 aliphatic rings. The van der Waals surface area contributed by atoms with E-state index in [1.807, 2.05) is 48.2 Å². The zero-order valence-corrected chi connectivity index (χ0v) is 20.0. The maximum atomic E-state index is 13.1. The highest BCUT2D eigenvalue weighted by atomic mass is 35.5. The molecule has 162 valence electrons. The Morgan fingerprint density at radius 3 is 2.58 bits per heavy atom. The second-order valence-electron chi connectivity index (χ2n) is 7.02. The van der Waals surface area contributed by atoms with Crippen LogP contribution in [0.5, 0.6) is 5.75 Å². The number of thiophene rings is 1. The SMILES string of the molecule is CCOc1ccccc1NC(=S)N1CCN(C(=O)c2sc3cc(Cl)ccc3c2Cl)CC1. The Morgan fingerprint density at radius 2 is 1.84 bits per heavy atom. The minimum absolute atomic E-state index is 0.0532. The summed E-state index contributed by atoms with van der Waals surface area (Å²) in [6, 6.07) is 13.2. The number of halogens is 2. The van der Waals surface area contributed by atoms with E-state index in [4.69, 9.17) is 40.2 Å². The van der Waals surface area contributed by atoms with Crippen molar-refractivity contribution in [3.63, 3.8) is 0 Å². The summed E-state index contributed by atoms with van der Waals surface area (Å²) >= 11 is 19.6. The second kappa shape index (κ2) is 9.61. The van der Waals surface area contributed by atoms with Crippen LogP contribution >= 0.6 is 46.8 Å². The number of nitrogens with one attached hydrogen (secondary N) is 1. The number of nitrogens with zero attached hydrogens (tertiary/aromatic N) is 2. The second-order valence-corrected chi connectivity index (χ2v) is 9.28. The van der Waals surface area contributed by atoms with E-state index in [0.29, 0.717) is 52.8 Å². The van der Waals surface area contributed by atoms with Crippen LogP contribution in [0.25, 0.3) is 10.1 Å². The molecule has 1 amide bonds. The Hall–Kier alpha value is -2.06. The van der Waals surface area contributed by atoms with Gasteiger partial charge in [0, 0.05) is 41.3 Å². The third-order valence-corrected chi connectivity index (χ3v) is 7.31. The topological polar surface area (TPSA) is 44.8 Å². The third kappa shape index (κ3) is 4.75. The summed E-state index contributed by atoms with van der Waals surface area (Å²) in [4.78, 5) is 17.5. The molecule has 1 aliphatic heterocycles. The number of fused-ring (bicyclic) bond motifs is 1. The number of anilines is 1. The lowest BCUT2D eigenvalue weighted by Crippen LogP contribution is -2.51. The molecule has 2 aromatic carbocycles. The van der Waals surface area contributed by atoms with Gasteiger partial charge in [0.15, 0.2) is 5.11 Å². The molecule has 1 aromatic heterocycles. The summed E-state index contributed by atoms with van der Waals surface area (Å²) < 4.78 is 6.57. The highest BCUT2D eigenvalue weighted by Gasteiger charge is 2.27. The fourth-order valence-electron chi connectivity index (χ4n) is 3.48. The molecule has 4 rings (SSSR count). The number of hydrogen-bond donors (Lipinski definition) is 1. The van der Waals surface area contributed by atoms with Crippen LogP contribution in [0, 0.1) is 0 Å².